The minimum atomic E-state index is -1.59. The fourth-order valence-electron chi connectivity index (χ4n) is 0.954. The Balaban J connectivity index is 2.95. The number of benzene rings is 1. The van der Waals surface area contributed by atoms with Gasteiger partial charge in [0.2, 0.25) is 0 Å². The van der Waals surface area contributed by atoms with Crippen LogP contribution in [0.5, 0.6) is 0 Å². The zero-order chi connectivity index (χ0) is 11.4. The van der Waals surface area contributed by atoms with E-state index in [1.165, 1.54) is 6.08 Å². The van der Waals surface area contributed by atoms with Crippen LogP contribution in [0.4, 0.5) is 13.2 Å². The average Bonchev–Trinajstić information content (AvgIpc) is 2.21. The van der Waals surface area contributed by atoms with Crippen LogP contribution in [-0.2, 0) is 0 Å². The summed E-state index contributed by atoms with van der Waals surface area (Å²) in [7, 11) is 0. The third kappa shape index (κ3) is 2.59. The molecule has 0 heterocycles. The van der Waals surface area contributed by atoms with E-state index < -0.39 is 23.4 Å². The van der Waals surface area contributed by atoms with Gasteiger partial charge in [0.05, 0.1) is 0 Å². The van der Waals surface area contributed by atoms with E-state index in [1.54, 1.807) is 0 Å². The van der Waals surface area contributed by atoms with Gasteiger partial charge in [-0.2, -0.15) is 0 Å². The Labute approximate surface area is 84.4 Å². The summed E-state index contributed by atoms with van der Waals surface area (Å²) in [5.74, 6) is -5.06. The molecule has 1 N–H and O–H groups in total. The first kappa shape index (κ1) is 11.3. The van der Waals surface area contributed by atoms with Crippen LogP contribution in [0, 0.1) is 17.5 Å². The van der Waals surface area contributed by atoms with Crippen LogP contribution in [0.25, 0.3) is 0 Å². The van der Waals surface area contributed by atoms with Crippen molar-refractivity contribution in [1.29, 1.82) is 0 Å². The Morgan fingerprint density at radius 1 is 1.33 bits per heavy atom. The summed E-state index contributed by atoms with van der Waals surface area (Å²) in [6, 6.07) is 1.27. The van der Waals surface area contributed by atoms with Crippen molar-refractivity contribution in [3.8, 4) is 0 Å². The highest BCUT2D eigenvalue weighted by Gasteiger charge is 2.14. The molecular formula is C10H8F3NO. The summed E-state index contributed by atoms with van der Waals surface area (Å²) in [6.45, 7) is 3.52. The molecule has 0 spiro atoms. The molecule has 0 radical (unpaired) electrons. The van der Waals surface area contributed by atoms with Gasteiger partial charge in [-0.15, -0.1) is 6.58 Å². The van der Waals surface area contributed by atoms with Crippen LogP contribution in [0.3, 0.4) is 0 Å². The Kier molecular flexibility index (Phi) is 3.49. The third-order valence-electron chi connectivity index (χ3n) is 1.65. The van der Waals surface area contributed by atoms with Gasteiger partial charge >= 0.3 is 0 Å². The highest BCUT2D eigenvalue weighted by molar-refractivity contribution is 5.94. The largest absolute Gasteiger partial charge is 0.349 e. The van der Waals surface area contributed by atoms with Gasteiger partial charge in [-0.05, 0) is 12.1 Å². The van der Waals surface area contributed by atoms with Gasteiger partial charge in [0.15, 0.2) is 17.5 Å². The van der Waals surface area contributed by atoms with Crippen molar-refractivity contribution in [2.45, 2.75) is 0 Å². The minimum Gasteiger partial charge on any atom is -0.349 e. The van der Waals surface area contributed by atoms with Gasteiger partial charge in [0, 0.05) is 12.1 Å². The number of carbonyl (C=O) groups excluding carboxylic acids is 1. The zero-order valence-electron chi connectivity index (χ0n) is 7.69. The molecule has 1 rings (SSSR count). The first-order valence-electron chi connectivity index (χ1n) is 4.10. The molecular weight excluding hydrogens is 207 g/mol. The first-order chi connectivity index (χ1) is 7.06. The van der Waals surface area contributed by atoms with E-state index >= 15 is 0 Å². The molecule has 1 aromatic rings. The highest BCUT2D eigenvalue weighted by Crippen LogP contribution is 2.13. The van der Waals surface area contributed by atoms with Crippen molar-refractivity contribution in [2.24, 2.45) is 0 Å². The van der Waals surface area contributed by atoms with Gasteiger partial charge in [-0.25, -0.2) is 13.2 Å². The average molecular weight is 215 g/mol. The fraction of sp³-hybridized carbons (Fsp3) is 0.100. The van der Waals surface area contributed by atoms with Crippen molar-refractivity contribution in [3.63, 3.8) is 0 Å². The maximum atomic E-state index is 12.7. The summed E-state index contributed by atoms with van der Waals surface area (Å²) < 4.78 is 37.9. The SMILES string of the molecule is C=CCNC(=O)c1cc(F)c(F)c(F)c1. The van der Waals surface area contributed by atoms with Gasteiger partial charge in [-0.1, -0.05) is 6.08 Å². The van der Waals surface area contributed by atoms with E-state index in [1.807, 2.05) is 0 Å². The maximum Gasteiger partial charge on any atom is 0.251 e. The molecule has 80 valence electrons. The summed E-state index contributed by atoms with van der Waals surface area (Å²) in [6.07, 6.45) is 1.41. The van der Waals surface area contributed by atoms with E-state index in [0.717, 1.165) is 0 Å². The molecule has 5 heteroatoms. The Bertz CT molecular complexity index is 381. The molecule has 0 aliphatic rings. The van der Waals surface area contributed by atoms with E-state index in [4.69, 9.17) is 0 Å². The van der Waals surface area contributed by atoms with Crippen molar-refractivity contribution >= 4 is 5.91 Å². The van der Waals surface area contributed by atoms with Gasteiger partial charge in [0.1, 0.15) is 0 Å². The lowest BCUT2D eigenvalue weighted by atomic mass is 10.2. The fourth-order valence-corrected chi connectivity index (χ4v) is 0.954. The van der Waals surface area contributed by atoms with E-state index in [-0.39, 0.29) is 12.1 Å². The highest BCUT2D eigenvalue weighted by atomic mass is 19.2. The molecule has 0 aliphatic carbocycles. The zero-order valence-corrected chi connectivity index (χ0v) is 7.69. The molecule has 0 bridgehead atoms. The van der Waals surface area contributed by atoms with Crippen LogP contribution in [0.2, 0.25) is 0 Å². The third-order valence-corrected chi connectivity index (χ3v) is 1.65. The number of hydrogen-bond acceptors (Lipinski definition) is 1. The number of rotatable bonds is 3. The Morgan fingerprint density at radius 3 is 2.33 bits per heavy atom. The number of halogens is 3. The van der Waals surface area contributed by atoms with Crippen molar-refractivity contribution in [2.75, 3.05) is 6.54 Å². The maximum absolute atomic E-state index is 12.7. The second kappa shape index (κ2) is 4.63. The van der Waals surface area contributed by atoms with Crippen molar-refractivity contribution in [3.05, 3.63) is 47.8 Å². The second-order valence-electron chi connectivity index (χ2n) is 2.75. The van der Waals surface area contributed by atoms with Gasteiger partial charge in [-0.3, -0.25) is 4.79 Å². The molecule has 15 heavy (non-hydrogen) atoms. The molecule has 0 aromatic heterocycles. The number of hydrogen-bond donors (Lipinski definition) is 1. The van der Waals surface area contributed by atoms with Crippen LogP contribution >= 0.6 is 0 Å². The molecule has 0 saturated heterocycles. The lowest BCUT2D eigenvalue weighted by Gasteiger charge is -2.03. The lowest BCUT2D eigenvalue weighted by molar-refractivity contribution is 0.0957. The molecule has 0 aliphatic heterocycles. The van der Waals surface area contributed by atoms with Crippen LogP contribution in [0.15, 0.2) is 24.8 Å². The summed E-state index contributed by atoms with van der Waals surface area (Å²) in [4.78, 5) is 11.2. The Hall–Kier alpha value is -1.78. The topological polar surface area (TPSA) is 29.1 Å². The molecule has 0 unspecified atom stereocenters. The van der Waals surface area contributed by atoms with Crippen LogP contribution < -0.4 is 5.32 Å². The van der Waals surface area contributed by atoms with Crippen molar-refractivity contribution in [1.82, 2.24) is 5.32 Å². The second-order valence-corrected chi connectivity index (χ2v) is 2.75. The number of carbonyl (C=O) groups is 1. The van der Waals surface area contributed by atoms with Gasteiger partial charge < -0.3 is 5.32 Å². The number of amides is 1. The predicted octanol–water partition coefficient (Wildman–Crippen LogP) is 2.02. The lowest BCUT2D eigenvalue weighted by Crippen LogP contribution is -2.23. The van der Waals surface area contributed by atoms with E-state index in [0.29, 0.717) is 12.1 Å². The first-order valence-corrected chi connectivity index (χ1v) is 4.10. The molecule has 1 amide bonds. The molecule has 0 saturated carbocycles. The minimum absolute atomic E-state index is 0.166. The van der Waals surface area contributed by atoms with Crippen LogP contribution in [-0.4, -0.2) is 12.5 Å². The predicted molar refractivity (Wildman–Crippen MR) is 48.8 cm³/mol. The molecule has 2 nitrogen and oxygen atoms in total. The molecule has 0 atom stereocenters. The smallest absolute Gasteiger partial charge is 0.251 e. The van der Waals surface area contributed by atoms with Gasteiger partial charge in [0.25, 0.3) is 5.91 Å². The molecule has 0 fully saturated rings. The molecule has 1 aromatic carbocycles. The summed E-state index contributed by atoms with van der Waals surface area (Å²) in [5, 5.41) is 2.31. The number of nitrogens with one attached hydrogen (secondary N) is 1. The van der Waals surface area contributed by atoms with E-state index in [2.05, 4.69) is 11.9 Å². The van der Waals surface area contributed by atoms with Crippen molar-refractivity contribution < 1.29 is 18.0 Å². The normalized spacial score (nSPS) is 9.80. The summed E-state index contributed by atoms with van der Waals surface area (Å²) in [5.41, 5.74) is -0.270. The quantitative estimate of drug-likeness (QED) is 0.606. The van der Waals surface area contributed by atoms with Crippen LogP contribution in [0.1, 0.15) is 10.4 Å². The monoisotopic (exact) mass is 215 g/mol. The Morgan fingerprint density at radius 2 is 1.87 bits per heavy atom. The standard InChI is InChI=1S/C10H8F3NO/c1-2-3-14-10(15)6-4-7(11)9(13)8(12)5-6/h2,4-5H,1,3H2,(H,14,15). The van der Waals surface area contributed by atoms with E-state index in [9.17, 15) is 18.0 Å². The summed E-state index contributed by atoms with van der Waals surface area (Å²) >= 11 is 0.